The van der Waals surface area contributed by atoms with E-state index >= 15 is 0 Å². The lowest BCUT2D eigenvalue weighted by atomic mass is 9.95. The molecule has 0 heterocycles. The van der Waals surface area contributed by atoms with Crippen molar-refractivity contribution in [2.75, 3.05) is 17.1 Å². The van der Waals surface area contributed by atoms with Gasteiger partial charge in [-0.25, -0.2) is 8.42 Å². The van der Waals surface area contributed by atoms with Crippen LogP contribution in [0, 0.1) is 6.92 Å². The zero-order valence-corrected chi connectivity index (χ0v) is 20.8. The van der Waals surface area contributed by atoms with Crippen LogP contribution in [-0.4, -0.2) is 27.1 Å². The molecule has 0 aliphatic carbocycles. The van der Waals surface area contributed by atoms with E-state index in [0.29, 0.717) is 17.1 Å². The Hall–Kier alpha value is -2.54. The number of nitrogens with zero attached hydrogens (tertiary/aromatic N) is 1. The van der Waals surface area contributed by atoms with E-state index in [9.17, 15) is 13.2 Å². The molecule has 0 bridgehead atoms. The van der Waals surface area contributed by atoms with Crippen molar-refractivity contribution in [3.63, 3.8) is 0 Å². The molecule has 0 aliphatic rings. The molecule has 0 saturated heterocycles. The fourth-order valence-corrected chi connectivity index (χ4v) is 5.06. The molecular formula is C25H26Cl2N2O3S. The fraction of sp³-hybridized carbons (Fsp3) is 0.240. The average Bonchev–Trinajstić information content (AvgIpc) is 2.77. The molecule has 0 aromatic heterocycles. The number of carbonyl (C=O) groups is 1. The monoisotopic (exact) mass is 504 g/mol. The Morgan fingerprint density at radius 2 is 1.67 bits per heavy atom. The minimum absolute atomic E-state index is 0.104. The molecule has 1 unspecified atom stereocenters. The minimum Gasteiger partial charge on any atom is -0.345 e. The first-order valence-electron chi connectivity index (χ1n) is 10.5. The number of nitrogens with one attached hydrogen (secondary N) is 1. The maximum atomic E-state index is 12.9. The van der Waals surface area contributed by atoms with Crippen molar-refractivity contribution in [1.29, 1.82) is 0 Å². The first-order valence-corrected chi connectivity index (χ1v) is 13.1. The summed E-state index contributed by atoms with van der Waals surface area (Å²) in [6.07, 6.45) is 1.57. The van der Waals surface area contributed by atoms with Gasteiger partial charge in [-0.15, -0.1) is 0 Å². The average molecular weight is 505 g/mol. The van der Waals surface area contributed by atoms with Crippen molar-refractivity contribution in [1.82, 2.24) is 5.32 Å². The van der Waals surface area contributed by atoms with Crippen molar-refractivity contribution in [3.05, 3.63) is 99.5 Å². The zero-order valence-electron chi connectivity index (χ0n) is 18.5. The molecule has 1 amide bonds. The summed E-state index contributed by atoms with van der Waals surface area (Å²) >= 11 is 12.3. The molecule has 1 N–H and O–H groups in total. The Morgan fingerprint density at radius 1 is 1.00 bits per heavy atom. The molecule has 1 atom stereocenters. The number of anilines is 1. The van der Waals surface area contributed by atoms with E-state index in [0.717, 1.165) is 22.9 Å². The fourth-order valence-electron chi connectivity index (χ4n) is 3.66. The summed E-state index contributed by atoms with van der Waals surface area (Å²) in [5, 5.41) is 3.76. The van der Waals surface area contributed by atoms with Gasteiger partial charge in [0.1, 0.15) is 0 Å². The van der Waals surface area contributed by atoms with Gasteiger partial charge in [0.15, 0.2) is 0 Å². The number of hydrogen-bond acceptors (Lipinski definition) is 3. The normalized spacial score (nSPS) is 12.2. The highest BCUT2D eigenvalue weighted by Gasteiger charge is 2.22. The second-order valence-electron chi connectivity index (χ2n) is 7.80. The van der Waals surface area contributed by atoms with E-state index in [1.807, 2.05) is 61.5 Å². The highest BCUT2D eigenvalue weighted by atomic mass is 35.5. The Morgan fingerprint density at radius 3 is 2.33 bits per heavy atom. The maximum Gasteiger partial charge on any atom is 0.232 e. The van der Waals surface area contributed by atoms with Crippen molar-refractivity contribution in [2.24, 2.45) is 0 Å². The predicted molar refractivity (Wildman–Crippen MR) is 135 cm³/mol. The van der Waals surface area contributed by atoms with Gasteiger partial charge in [-0.05, 0) is 48.2 Å². The number of aryl methyl sites for hydroxylation is 1. The SMILES string of the molecule is Cc1ccccc1C(NC(=O)CCCN(c1cc(Cl)ccc1Cl)S(C)(=O)=O)c1ccccc1. The van der Waals surface area contributed by atoms with E-state index in [1.165, 1.54) is 10.4 Å². The highest BCUT2D eigenvalue weighted by molar-refractivity contribution is 7.92. The molecule has 0 aliphatic heterocycles. The molecule has 0 radical (unpaired) electrons. The summed E-state index contributed by atoms with van der Waals surface area (Å²) in [7, 11) is -3.61. The third kappa shape index (κ3) is 6.73. The van der Waals surface area contributed by atoms with Crippen molar-refractivity contribution >= 4 is 44.8 Å². The number of hydrogen-bond donors (Lipinski definition) is 1. The van der Waals surface area contributed by atoms with Gasteiger partial charge in [-0.1, -0.05) is 77.8 Å². The second kappa shape index (κ2) is 11.1. The molecule has 0 fully saturated rings. The topological polar surface area (TPSA) is 66.5 Å². The zero-order chi connectivity index (χ0) is 24.0. The van der Waals surface area contributed by atoms with Gasteiger partial charge < -0.3 is 5.32 Å². The summed E-state index contributed by atoms with van der Waals surface area (Å²) in [4.78, 5) is 12.9. The van der Waals surface area contributed by atoms with E-state index in [4.69, 9.17) is 23.2 Å². The Bertz CT molecular complexity index is 1220. The lowest BCUT2D eigenvalue weighted by Crippen LogP contribution is -2.33. The van der Waals surface area contributed by atoms with Gasteiger partial charge >= 0.3 is 0 Å². The van der Waals surface area contributed by atoms with Gasteiger partial charge in [0.25, 0.3) is 0 Å². The van der Waals surface area contributed by atoms with Gasteiger partial charge in [0.05, 0.1) is 23.0 Å². The quantitative estimate of drug-likeness (QED) is 0.403. The van der Waals surface area contributed by atoms with E-state index < -0.39 is 10.0 Å². The Kier molecular flexibility index (Phi) is 8.40. The van der Waals surface area contributed by atoms with Crippen LogP contribution in [0.25, 0.3) is 0 Å². The molecular weight excluding hydrogens is 479 g/mol. The number of rotatable bonds is 9. The van der Waals surface area contributed by atoms with Crippen LogP contribution in [0.3, 0.4) is 0 Å². The van der Waals surface area contributed by atoms with Gasteiger partial charge in [0, 0.05) is 18.0 Å². The molecule has 33 heavy (non-hydrogen) atoms. The smallest absolute Gasteiger partial charge is 0.232 e. The predicted octanol–water partition coefficient (Wildman–Crippen LogP) is 5.75. The number of benzene rings is 3. The first-order chi connectivity index (χ1) is 15.7. The van der Waals surface area contributed by atoms with Crippen LogP contribution >= 0.6 is 23.2 Å². The largest absolute Gasteiger partial charge is 0.345 e. The van der Waals surface area contributed by atoms with E-state index in [2.05, 4.69) is 5.32 Å². The molecule has 174 valence electrons. The molecule has 3 rings (SSSR count). The second-order valence-corrected chi connectivity index (χ2v) is 10.6. The van der Waals surface area contributed by atoms with Crippen LogP contribution in [0.5, 0.6) is 0 Å². The van der Waals surface area contributed by atoms with Crippen LogP contribution in [0.4, 0.5) is 5.69 Å². The van der Waals surface area contributed by atoms with Crippen LogP contribution in [0.15, 0.2) is 72.8 Å². The number of carbonyl (C=O) groups excluding carboxylic acids is 1. The summed E-state index contributed by atoms with van der Waals surface area (Å²) in [6, 6.07) is 22.0. The Balaban J connectivity index is 1.73. The molecule has 5 nitrogen and oxygen atoms in total. The summed E-state index contributed by atoms with van der Waals surface area (Å²) in [5.41, 5.74) is 3.36. The maximum absolute atomic E-state index is 12.9. The highest BCUT2D eigenvalue weighted by Crippen LogP contribution is 2.31. The third-order valence-electron chi connectivity index (χ3n) is 5.28. The number of halogens is 2. The minimum atomic E-state index is -3.61. The van der Waals surface area contributed by atoms with Crippen molar-refractivity contribution in [2.45, 2.75) is 25.8 Å². The number of sulfonamides is 1. The van der Waals surface area contributed by atoms with Gasteiger partial charge in [-0.2, -0.15) is 0 Å². The van der Waals surface area contributed by atoms with Crippen LogP contribution in [0.2, 0.25) is 10.0 Å². The summed E-state index contributed by atoms with van der Waals surface area (Å²) < 4.78 is 25.9. The molecule has 0 saturated carbocycles. The summed E-state index contributed by atoms with van der Waals surface area (Å²) in [5.74, 6) is -0.169. The standard InChI is InChI=1S/C25H26Cl2N2O3S/c1-18-9-6-7-12-21(18)25(19-10-4-3-5-11-19)28-24(30)13-8-16-29(33(2,31)32)23-17-20(26)14-15-22(23)27/h3-7,9-12,14-15,17,25H,8,13,16H2,1-2H3,(H,28,30). The molecule has 0 spiro atoms. The first kappa shape index (κ1) is 25.1. The third-order valence-corrected chi connectivity index (χ3v) is 7.01. The number of amides is 1. The van der Waals surface area contributed by atoms with Gasteiger partial charge in [0.2, 0.25) is 15.9 Å². The van der Waals surface area contributed by atoms with Crippen molar-refractivity contribution < 1.29 is 13.2 Å². The molecule has 3 aromatic carbocycles. The van der Waals surface area contributed by atoms with E-state index in [-0.39, 0.29) is 29.9 Å². The Labute approximate surface area is 205 Å². The van der Waals surface area contributed by atoms with Crippen LogP contribution in [0.1, 0.15) is 35.6 Å². The van der Waals surface area contributed by atoms with Gasteiger partial charge in [-0.3, -0.25) is 9.10 Å². The lowest BCUT2D eigenvalue weighted by Gasteiger charge is -2.24. The lowest BCUT2D eigenvalue weighted by molar-refractivity contribution is -0.121. The van der Waals surface area contributed by atoms with Crippen LogP contribution < -0.4 is 9.62 Å². The summed E-state index contributed by atoms with van der Waals surface area (Å²) in [6.45, 7) is 2.11. The molecule has 8 heteroatoms. The molecule has 3 aromatic rings. The van der Waals surface area contributed by atoms with Crippen LogP contribution in [-0.2, 0) is 14.8 Å². The van der Waals surface area contributed by atoms with Crippen molar-refractivity contribution in [3.8, 4) is 0 Å². The van der Waals surface area contributed by atoms with E-state index in [1.54, 1.807) is 12.1 Å².